The summed E-state index contributed by atoms with van der Waals surface area (Å²) >= 11 is 0. The second-order valence-corrected chi connectivity index (χ2v) is 7.02. The molecule has 0 N–H and O–H groups in total. The first-order chi connectivity index (χ1) is 10.4. The zero-order chi connectivity index (χ0) is 16.6. The highest BCUT2D eigenvalue weighted by atomic mass is 14.3. The van der Waals surface area contributed by atoms with Crippen LogP contribution in [0.2, 0.25) is 0 Å². The largest absolute Gasteiger partial charge is 0.0877 e. The first-order valence-corrected chi connectivity index (χ1v) is 8.36. The van der Waals surface area contributed by atoms with Crippen molar-refractivity contribution in [2.45, 2.75) is 54.4 Å². The monoisotopic (exact) mass is 296 g/mol. The Morgan fingerprint density at radius 2 is 1.73 bits per heavy atom. The van der Waals surface area contributed by atoms with Gasteiger partial charge in [0, 0.05) is 5.92 Å². The number of rotatable bonds is 5. The predicted molar refractivity (Wildman–Crippen MR) is 101 cm³/mol. The van der Waals surface area contributed by atoms with Crippen LogP contribution in [-0.4, -0.2) is 0 Å². The van der Waals surface area contributed by atoms with Crippen molar-refractivity contribution < 1.29 is 0 Å². The van der Waals surface area contributed by atoms with Crippen LogP contribution in [0.5, 0.6) is 0 Å². The Labute approximate surface area is 137 Å². The summed E-state index contributed by atoms with van der Waals surface area (Å²) < 4.78 is 0. The maximum absolute atomic E-state index is 2.40. The highest BCUT2D eigenvalue weighted by Crippen LogP contribution is 2.41. The van der Waals surface area contributed by atoms with E-state index >= 15 is 0 Å². The highest BCUT2D eigenvalue weighted by Gasteiger charge is 2.30. The number of hydrogen-bond acceptors (Lipinski definition) is 0. The fourth-order valence-electron chi connectivity index (χ4n) is 2.94. The fourth-order valence-corrected chi connectivity index (χ4v) is 2.94. The highest BCUT2D eigenvalue weighted by molar-refractivity contribution is 5.30. The first kappa shape index (κ1) is 18.5. The summed E-state index contributed by atoms with van der Waals surface area (Å²) in [6.07, 6.45) is 22.2. The maximum Gasteiger partial charge on any atom is 0.00285 e. The average Bonchev–Trinajstić information content (AvgIpc) is 2.43. The van der Waals surface area contributed by atoms with Gasteiger partial charge in [0.15, 0.2) is 0 Å². The van der Waals surface area contributed by atoms with Gasteiger partial charge in [-0.1, -0.05) is 85.3 Å². The second-order valence-electron chi connectivity index (χ2n) is 7.02. The minimum Gasteiger partial charge on any atom is -0.0877 e. The molecule has 0 fully saturated rings. The van der Waals surface area contributed by atoms with E-state index in [9.17, 15) is 0 Å². The van der Waals surface area contributed by atoms with Crippen LogP contribution in [0.25, 0.3) is 0 Å². The number of allylic oxidation sites excluding steroid dienone is 12. The minimum atomic E-state index is 0.372. The van der Waals surface area contributed by atoms with Crippen molar-refractivity contribution in [2.24, 2.45) is 11.3 Å². The molecule has 0 aromatic carbocycles. The van der Waals surface area contributed by atoms with Crippen molar-refractivity contribution in [2.75, 3.05) is 0 Å². The van der Waals surface area contributed by atoms with E-state index in [1.807, 2.05) is 13.0 Å². The van der Waals surface area contributed by atoms with Gasteiger partial charge in [0.2, 0.25) is 0 Å². The van der Waals surface area contributed by atoms with Gasteiger partial charge in [-0.2, -0.15) is 0 Å². The fraction of sp³-hybridized carbons (Fsp3) is 0.455. The Hall–Kier alpha value is -1.56. The molecule has 1 rings (SSSR count). The van der Waals surface area contributed by atoms with Crippen molar-refractivity contribution >= 4 is 0 Å². The molecule has 0 heterocycles. The Morgan fingerprint density at radius 1 is 1.09 bits per heavy atom. The summed E-state index contributed by atoms with van der Waals surface area (Å²) in [4.78, 5) is 0. The molecule has 0 aromatic heterocycles. The summed E-state index contributed by atoms with van der Waals surface area (Å²) in [5, 5.41) is 0. The lowest BCUT2D eigenvalue weighted by atomic mass is 9.68. The van der Waals surface area contributed by atoms with Gasteiger partial charge in [-0.3, -0.25) is 0 Å². The van der Waals surface area contributed by atoms with Crippen LogP contribution in [0.15, 0.2) is 71.4 Å². The van der Waals surface area contributed by atoms with E-state index < -0.39 is 0 Å². The SMILES string of the molecule is C/C=C/C=C(C)/C=C/C=C(C)/C=C/[C@H]1C(C)=CCCC1(C)C. The Kier molecular flexibility index (Phi) is 7.38. The third kappa shape index (κ3) is 6.05. The molecule has 0 heteroatoms. The summed E-state index contributed by atoms with van der Waals surface area (Å²) in [7, 11) is 0. The molecular formula is C22H32. The molecule has 0 unspecified atom stereocenters. The van der Waals surface area contributed by atoms with Crippen molar-refractivity contribution in [3.63, 3.8) is 0 Å². The van der Waals surface area contributed by atoms with Gasteiger partial charge in [-0.05, 0) is 46.0 Å². The van der Waals surface area contributed by atoms with Crippen molar-refractivity contribution in [3.05, 3.63) is 71.4 Å². The van der Waals surface area contributed by atoms with E-state index in [0.717, 1.165) is 0 Å². The molecule has 22 heavy (non-hydrogen) atoms. The third-order valence-corrected chi connectivity index (χ3v) is 4.41. The Bertz CT molecular complexity index is 530. The van der Waals surface area contributed by atoms with Gasteiger partial charge in [0.05, 0.1) is 0 Å². The average molecular weight is 296 g/mol. The normalized spacial score (nSPS) is 23.7. The summed E-state index contributed by atoms with van der Waals surface area (Å²) in [6.45, 7) is 13.4. The van der Waals surface area contributed by atoms with Crippen molar-refractivity contribution in [1.82, 2.24) is 0 Å². The van der Waals surface area contributed by atoms with Crippen LogP contribution in [-0.2, 0) is 0 Å². The molecule has 1 aliphatic carbocycles. The van der Waals surface area contributed by atoms with Gasteiger partial charge >= 0.3 is 0 Å². The summed E-state index contributed by atoms with van der Waals surface area (Å²) in [5.74, 6) is 0.560. The standard InChI is InChI=1S/C22H32/c1-7-8-11-18(2)12-9-13-19(3)15-16-21-20(4)14-10-17-22(21,5)6/h7-9,11-16,21H,10,17H2,1-6H3/b8-7+,12-9+,16-15+,18-11+,19-13+/t21-/m0/s1. The van der Waals surface area contributed by atoms with E-state index in [-0.39, 0.29) is 0 Å². The van der Waals surface area contributed by atoms with Gasteiger partial charge in [0.1, 0.15) is 0 Å². The van der Waals surface area contributed by atoms with Crippen molar-refractivity contribution in [1.29, 1.82) is 0 Å². The van der Waals surface area contributed by atoms with Crippen molar-refractivity contribution in [3.8, 4) is 0 Å². The van der Waals surface area contributed by atoms with E-state index in [2.05, 4.69) is 83.2 Å². The molecule has 1 atom stereocenters. The molecule has 0 nitrogen and oxygen atoms in total. The molecule has 0 radical (unpaired) electrons. The minimum absolute atomic E-state index is 0.372. The molecule has 0 bridgehead atoms. The van der Waals surface area contributed by atoms with Gasteiger partial charge in [-0.25, -0.2) is 0 Å². The lowest BCUT2D eigenvalue weighted by Crippen LogP contribution is -2.26. The van der Waals surface area contributed by atoms with Crippen LogP contribution in [0.1, 0.15) is 54.4 Å². The second kappa shape index (κ2) is 8.78. The molecule has 0 saturated carbocycles. The Balaban J connectivity index is 2.72. The third-order valence-electron chi connectivity index (χ3n) is 4.41. The molecule has 0 aromatic rings. The zero-order valence-corrected chi connectivity index (χ0v) is 15.2. The molecule has 1 aliphatic rings. The molecular weight excluding hydrogens is 264 g/mol. The molecule has 0 spiro atoms. The number of hydrogen-bond donors (Lipinski definition) is 0. The van der Waals surface area contributed by atoms with Gasteiger partial charge in [0.25, 0.3) is 0 Å². The van der Waals surface area contributed by atoms with E-state index in [1.54, 1.807) is 0 Å². The summed E-state index contributed by atoms with van der Waals surface area (Å²) in [5.41, 5.74) is 4.45. The first-order valence-electron chi connectivity index (χ1n) is 8.36. The van der Waals surface area contributed by atoms with Gasteiger partial charge < -0.3 is 0 Å². The lowest BCUT2D eigenvalue weighted by Gasteiger charge is -2.36. The molecule has 0 aliphatic heterocycles. The van der Waals surface area contributed by atoms with E-state index in [1.165, 1.54) is 29.6 Å². The maximum atomic E-state index is 2.40. The van der Waals surface area contributed by atoms with Crippen LogP contribution in [0.4, 0.5) is 0 Å². The van der Waals surface area contributed by atoms with Crippen LogP contribution in [0.3, 0.4) is 0 Å². The van der Waals surface area contributed by atoms with E-state index in [4.69, 9.17) is 0 Å². The quantitative estimate of drug-likeness (QED) is 0.380. The predicted octanol–water partition coefficient (Wildman–Crippen LogP) is 6.95. The van der Waals surface area contributed by atoms with Crippen LogP contribution in [0, 0.1) is 11.3 Å². The van der Waals surface area contributed by atoms with Crippen LogP contribution < -0.4 is 0 Å². The topological polar surface area (TPSA) is 0 Å². The van der Waals surface area contributed by atoms with E-state index in [0.29, 0.717) is 11.3 Å². The lowest BCUT2D eigenvalue weighted by molar-refractivity contribution is 0.255. The Morgan fingerprint density at radius 3 is 2.36 bits per heavy atom. The zero-order valence-electron chi connectivity index (χ0n) is 15.2. The smallest absolute Gasteiger partial charge is 0.00285 e. The summed E-state index contributed by atoms with van der Waals surface area (Å²) in [6, 6.07) is 0. The van der Waals surface area contributed by atoms with Crippen LogP contribution >= 0.6 is 0 Å². The molecule has 0 saturated heterocycles. The molecule has 0 amide bonds. The van der Waals surface area contributed by atoms with Gasteiger partial charge in [-0.15, -0.1) is 0 Å². The molecule has 120 valence electrons.